The van der Waals surface area contributed by atoms with Crippen molar-refractivity contribution >= 4 is 5.97 Å². The quantitative estimate of drug-likeness (QED) is 0.814. The van der Waals surface area contributed by atoms with Crippen molar-refractivity contribution in [3.63, 3.8) is 0 Å². The molecule has 0 amide bonds. The SMILES string of the molecule is CCCCC(=O)O.Fc1ccc(F)c(F)c1. The van der Waals surface area contributed by atoms with E-state index in [1.807, 2.05) is 6.92 Å². The molecule has 0 aliphatic heterocycles. The number of hydrogen-bond donors (Lipinski definition) is 1. The molecular formula is C11H13F3O2. The summed E-state index contributed by atoms with van der Waals surface area (Å²) in [7, 11) is 0. The summed E-state index contributed by atoms with van der Waals surface area (Å²) in [5.74, 6) is -3.65. The van der Waals surface area contributed by atoms with E-state index in [0.29, 0.717) is 12.5 Å². The highest BCUT2D eigenvalue weighted by molar-refractivity contribution is 5.66. The van der Waals surface area contributed by atoms with E-state index >= 15 is 0 Å². The van der Waals surface area contributed by atoms with Crippen LogP contribution in [0, 0.1) is 17.5 Å². The van der Waals surface area contributed by atoms with Gasteiger partial charge in [0.25, 0.3) is 0 Å². The van der Waals surface area contributed by atoms with Gasteiger partial charge < -0.3 is 5.11 Å². The minimum atomic E-state index is -1.16. The van der Waals surface area contributed by atoms with Gasteiger partial charge in [-0.05, 0) is 18.6 Å². The number of unbranched alkanes of at least 4 members (excludes halogenated alkanes) is 1. The van der Waals surface area contributed by atoms with Crippen molar-refractivity contribution in [2.45, 2.75) is 26.2 Å². The maximum Gasteiger partial charge on any atom is 0.303 e. The van der Waals surface area contributed by atoms with Crippen LogP contribution in [0.5, 0.6) is 0 Å². The number of carboxylic acid groups (broad SMARTS) is 1. The first kappa shape index (κ1) is 14.5. The maximum atomic E-state index is 12.0. The highest BCUT2D eigenvalue weighted by Crippen LogP contribution is 2.05. The van der Waals surface area contributed by atoms with Gasteiger partial charge in [-0.1, -0.05) is 13.3 Å². The number of carbonyl (C=O) groups is 1. The normalized spacial score (nSPS) is 9.25. The molecule has 0 bridgehead atoms. The second-order valence-electron chi connectivity index (χ2n) is 3.06. The Kier molecular flexibility index (Phi) is 7.00. The zero-order chi connectivity index (χ0) is 12.6. The first-order chi connectivity index (χ1) is 7.47. The third-order valence-electron chi connectivity index (χ3n) is 1.63. The zero-order valence-corrected chi connectivity index (χ0v) is 8.84. The number of rotatable bonds is 3. The van der Waals surface area contributed by atoms with Crippen molar-refractivity contribution < 1.29 is 23.1 Å². The largest absolute Gasteiger partial charge is 0.481 e. The molecule has 0 unspecified atom stereocenters. The van der Waals surface area contributed by atoms with Crippen LogP contribution in [0.15, 0.2) is 18.2 Å². The smallest absolute Gasteiger partial charge is 0.303 e. The Labute approximate surface area is 91.7 Å². The Hall–Kier alpha value is -1.52. The summed E-state index contributed by atoms with van der Waals surface area (Å²) in [5, 5.41) is 8.04. The third-order valence-corrected chi connectivity index (χ3v) is 1.63. The lowest BCUT2D eigenvalue weighted by atomic mass is 10.3. The van der Waals surface area contributed by atoms with Gasteiger partial charge in [-0.25, -0.2) is 13.2 Å². The van der Waals surface area contributed by atoms with Gasteiger partial charge in [0.05, 0.1) is 0 Å². The fourth-order valence-corrected chi connectivity index (χ4v) is 0.799. The third kappa shape index (κ3) is 6.86. The number of carboxylic acids is 1. The van der Waals surface area contributed by atoms with Crippen molar-refractivity contribution in [3.05, 3.63) is 35.7 Å². The Balaban J connectivity index is 0.000000293. The Morgan fingerprint density at radius 1 is 1.25 bits per heavy atom. The highest BCUT2D eigenvalue weighted by Gasteiger charge is 1.99. The summed E-state index contributed by atoms with van der Waals surface area (Å²) < 4.78 is 35.9. The number of hydrogen-bond acceptors (Lipinski definition) is 1. The molecule has 0 saturated carbocycles. The molecular weight excluding hydrogens is 221 g/mol. The first-order valence-electron chi connectivity index (χ1n) is 4.79. The summed E-state index contributed by atoms with van der Waals surface area (Å²) in [6.07, 6.45) is 2.08. The highest BCUT2D eigenvalue weighted by atomic mass is 19.2. The van der Waals surface area contributed by atoms with Crippen LogP contribution in [0.25, 0.3) is 0 Å². The molecule has 16 heavy (non-hydrogen) atoms. The van der Waals surface area contributed by atoms with E-state index in [0.717, 1.165) is 25.0 Å². The van der Waals surface area contributed by atoms with Crippen LogP contribution in [0.4, 0.5) is 13.2 Å². The summed E-state index contributed by atoms with van der Waals surface area (Å²) in [6, 6.07) is 2.10. The molecule has 1 rings (SSSR count). The van der Waals surface area contributed by atoms with Crippen LogP contribution in [-0.2, 0) is 4.79 Å². The topological polar surface area (TPSA) is 37.3 Å². The minimum absolute atomic E-state index is 0.316. The van der Waals surface area contributed by atoms with Crippen molar-refractivity contribution in [2.24, 2.45) is 0 Å². The van der Waals surface area contributed by atoms with E-state index in [4.69, 9.17) is 5.11 Å². The van der Waals surface area contributed by atoms with E-state index in [2.05, 4.69) is 0 Å². The average Bonchev–Trinajstić information content (AvgIpc) is 2.22. The molecule has 0 spiro atoms. The Bertz CT molecular complexity index is 340. The van der Waals surface area contributed by atoms with Crippen molar-refractivity contribution in [2.75, 3.05) is 0 Å². The van der Waals surface area contributed by atoms with Gasteiger partial charge in [-0.3, -0.25) is 4.79 Å². The zero-order valence-electron chi connectivity index (χ0n) is 8.84. The molecule has 1 aromatic rings. The van der Waals surface area contributed by atoms with Crippen LogP contribution in [0.2, 0.25) is 0 Å². The Morgan fingerprint density at radius 3 is 2.19 bits per heavy atom. The van der Waals surface area contributed by atoms with Gasteiger partial charge in [0.15, 0.2) is 11.6 Å². The van der Waals surface area contributed by atoms with Crippen LogP contribution in [-0.4, -0.2) is 11.1 Å². The van der Waals surface area contributed by atoms with E-state index < -0.39 is 23.4 Å². The number of aliphatic carboxylic acids is 1. The fourth-order valence-electron chi connectivity index (χ4n) is 0.799. The van der Waals surface area contributed by atoms with Gasteiger partial charge in [0.1, 0.15) is 5.82 Å². The molecule has 0 atom stereocenters. The molecule has 0 heterocycles. The van der Waals surface area contributed by atoms with Crippen LogP contribution in [0.1, 0.15) is 26.2 Å². The van der Waals surface area contributed by atoms with Crippen molar-refractivity contribution in [1.29, 1.82) is 0 Å². The average molecular weight is 234 g/mol. The second-order valence-corrected chi connectivity index (χ2v) is 3.06. The van der Waals surface area contributed by atoms with E-state index in [-0.39, 0.29) is 0 Å². The lowest BCUT2D eigenvalue weighted by molar-refractivity contribution is -0.137. The van der Waals surface area contributed by atoms with E-state index in [1.54, 1.807) is 0 Å². The maximum absolute atomic E-state index is 12.0. The van der Waals surface area contributed by atoms with Crippen LogP contribution < -0.4 is 0 Å². The molecule has 1 N–H and O–H groups in total. The summed E-state index contributed by atoms with van der Waals surface area (Å²) in [6.45, 7) is 1.98. The van der Waals surface area contributed by atoms with Gasteiger partial charge in [0, 0.05) is 12.5 Å². The number of halogens is 3. The molecule has 0 fully saturated rings. The molecule has 0 saturated heterocycles. The molecule has 90 valence electrons. The summed E-state index contributed by atoms with van der Waals surface area (Å²) >= 11 is 0. The molecule has 0 aliphatic rings. The van der Waals surface area contributed by atoms with E-state index in [1.165, 1.54) is 0 Å². The summed E-state index contributed by atoms with van der Waals surface area (Å²) in [5.41, 5.74) is 0. The summed E-state index contributed by atoms with van der Waals surface area (Å²) in [4.78, 5) is 9.76. The standard InChI is InChI=1S/C6H3F3.C5H10O2/c7-4-1-2-5(8)6(9)3-4;1-2-3-4-5(6)7/h1-3H;2-4H2,1H3,(H,6,7). The molecule has 0 aliphatic carbocycles. The van der Waals surface area contributed by atoms with Gasteiger partial charge in [-0.15, -0.1) is 0 Å². The predicted molar refractivity (Wildman–Crippen MR) is 53.5 cm³/mol. The van der Waals surface area contributed by atoms with E-state index in [9.17, 15) is 18.0 Å². The van der Waals surface area contributed by atoms with Gasteiger partial charge >= 0.3 is 5.97 Å². The van der Waals surface area contributed by atoms with Gasteiger partial charge in [-0.2, -0.15) is 0 Å². The van der Waals surface area contributed by atoms with Crippen molar-refractivity contribution in [1.82, 2.24) is 0 Å². The molecule has 0 radical (unpaired) electrons. The van der Waals surface area contributed by atoms with Crippen LogP contribution in [0.3, 0.4) is 0 Å². The lowest BCUT2D eigenvalue weighted by Crippen LogP contribution is -1.91. The fraction of sp³-hybridized carbons (Fsp3) is 0.364. The van der Waals surface area contributed by atoms with Crippen LogP contribution >= 0.6 is 0 Å². The minimum Gasteiger partial charge on any atom is -0.481 e. The van der Waals surface area contributed by atoms with Gasteiger partial charge in [0.2, 0.25) is 0 Å². The van der Waals surface area contributed by atoms with Crippen molar-refractivity contribution in [3.8, 4) is 0 Å². The molecule has 5 heteroatoms. The second kappa shape index (κ2) is 7.73. The molecule has 2 nitrogen and oxygen atoms in total. The first-order valence-corrected chi connectivity index (χ1v) is 4.79. The number of benzene rings is 1. The molecule has 0 aromatic heterocycles. The predicted octanol–water partition coefficient (Wildman–Crippen LogP) is 3.37. The Morgan fingerprint density at radius 2 is 1.88 bits per heavy atom. The lowest BCUT2D eigenvalue weighted by Gasteiger charge is -1.88. The monoisotopic (exact) mass is 234 g/mol. The molecule has 1 aromatic carbocycles.